The molecule has 2 heterocycles. The second kappa shape index (κ2) is 7.66. The Bertz CT molecular complexity index is 531. The lowest BCUT2D eigenvalue weighted by molar-refractivity contribution is -0.123. The third-order valence-electron chi connectivity index (χ3n) is 3.71. The molecule has 1 saturated heterocycles. The first kappa shape index (κ1) is 18.3. The molecule has 1 fully saturated rings. The summed E-state index contributed by atoms with van der Waals surface area (Å²) in [5.41, 5.74) is -0.317. The Morgan fingerprint density at radius 1 is 1.26 bits per heavy atom. The summed E-state index contributed by atoms with van der Waals surface area (Å²) in [6.07, 6.45) is 0. The van der Waals surface area contributed by atoms with Crippen molar-refractivity contribution in [2.24, 2.45) is 11.3 Å². The number of aromatic nitrogens is 3. The van der Waals surface area contributed by atoms with Gasteiger partial charge in [-0.15, -0.1) is 10.2 Å². The molecule has 130 valence electrons. The van der Waals surface area contributed by atoms with Gasteiger partial charge in [0.1, 0.15) is 5.78 Å². The number of carbonyl (C=O) groups excluding carboxylic acids is 1. The minimum atomic E-state index is -0.317. The van der Waals surface area contributed by atoms with Gasteiger partial charge in [-0.2, -0.15) is 0 Å². The van der Waals surface area contributed by atoms with E-state index >= 15 is 0 Å². The predicted molar refractivity (Wildman–Crippen MR) is 93.1 cm³/mol. The van der Waals surface area contributed by atoms with Gasteiger partial charge in [0, 0.05) is 25.0 Å². The molecule has 1 aromatic rings. The van der Waals surface area contributed by atoms with Crippen molar-refractivity contribution in [3.63, 3.8) is 0 Å². The summed E-state index contributed by atoms with van der Waals surface area (Å²) < 4.78 is 7.57. The molecule has 0 bridgehead atoms. The maximum Gasteiger partial charge on any atom is 0.228 e. The van der Waals surface area contributed by atoms with Crippen LogP contribution in [0.3, 0.4) is 0 Å². The van der Waals surface area contributed by atoms with E-state index in [-0.39, 0.29) is 11.2 Å². The van der Waals surface area contributed by atoms with Crippen LogP contribution in [-0.2, 0) is 16.1 Å². The molecule has 1 aliphatic heterocycles. The molecule has 0 saturated carbocycles. The van der Waals surface area contributed by atoms with Crippen LogP contribution in [0.4, 0.5) is 5.95 Å². The lowest BCUT2D eigenvalue weighted by atomic mass is 9.92. The van der Waals surface area contributed by atoms with Crippen LogP contribution in [0.5, 0.6) is 0 Å². The van der Waals surface area contributed by atoms with Crippen molar-refractivity contribution in [2.75, 3.05) is 37.0 Å². The van der Waals surface area contributed by atoms with Gasteiger partial charge in [-0.25, -0.2) is 0 Å². The molecule has 0 aromatic carbocycles. The van der Waals surface area contributed by atoms with Gasteiger partial charge >= 0.3 is 0 Å². The first-order valence-corrected chi connectivity index (χ1v) is 9.19. The molecular weight excluding hydrogens is 312 g/mol. The second-order valence-electron chi connectivity index (χ2n) is 7.35. The van der Waals surface area contributed by atoms with Crippen LogP contribution in [0.25, 0.3) is 0 Å². The zero-order valence-electron chi connectivity index (χ0n) is 14.8. The van der Waals surface area contributed by atoms with Crippen molar-refractivity contribution in [2.45, 2.75) is 46.3 Å². The number of anilines is 1. The smallest absolute Gasteiger partial charge is 0.228 e. The van der Waals surface area contributed by atoms with Crippen molar-refractivity contribution < 1.29 is 9.53 Å². The number of nitrogens with zero attached hydrogens (tertiary/aromatic N) is 4. The van der Waals surface area contributed by atoms with Gasteiger partial charge in [-0.1, -0.05) is 46.4 Å². The van der Waals surface area contributed by atoms with Crippen LogP contribution < -0.4 is 4.90 Å². The number of ketones is 1. The maximum absolute atomic E-state index is 12.2. The molecule has 0 N–H and O–H groups in total. The fraction of sp³-hybridized carbons (Fsp3) is 0.812. The monoisotopic (exact) mass is 340 g/mol. The van der Waals surface area contributed by atoms with Crippen LogP contribution in [-0.4, -0.2) is 52.6 Å². The van der Waals surface area contributed by atoms with Gasteiger partial charge in [0.25, 0.3) is 0 Å². The summed E-state index contributed by atoms with van der Waals surface area (Å²) in [5, 5.41) is 9.56. The molecule has 0 radical (unpaired) electrons. The Labute approximate surface area is 143 Å². The molecule has 0 atom stereocenters. The fourth-order valence-corrected chi connectivity index (χ4v) is 3.36. The minimum absolute atomic E-state index is 0.231. The first-order chi connectivity index (χ1) is 10.8. The standard InChI is InChI=1S/C16H28N4O2S/c1-12(2)10-20-14(19-6-8-22-9-7-19)17-18-15(20)23-11-13(21)16(3,4)5/h12H,6-11H2,1-5H3. The van der Waals surface area contributed by atoms with Crippen molar-refractivity contribution in [3.8, 4) is 0 Å². The van der Waals surface area contributed by atoms with E-state index in [0.29, 0.717) is 11.7 Å². The third kappa shape index (κ3) is 4.94. The Morgan fingerprint density at radius 3 is 2.48 bits per heavy atom. The van der Waals surface area contributed by atoms with E-state index in [0.717, 1.165) is 44.0 Å². The molecule has 1 aliphatic rings. The highest BCUT2D eigenvalue weighted by molar-refractivity contribution is 7.99. The van der Waals surface area contributed by atoms with E-state index in [4.69, 9.17) is 4.74 Å². The topological polar surface area (TPSA) is 60.2 Å². The predicted octanol–water partition coefficient (Wildman–Crippen LogP) is 2.48. The lowest BCUT2D eigenvalue weighted by Gasteiger charge is -2.28. The van der Waals surface area contributed by atoms with Gasteiger partial charge in [0.2, 0.25) is 5.95 Å². The fourth-order valence-electron chi connectivity index (χ4n) is 2.26. The lowest BCUT2D eigenvalue weighted by Crippen LogP contribution is -2.38. The molecule has 0 unspecified atom stereocenters. The zero-order valence-corrected chi connectivity index (χ0v) is 15.7. The van der Waals surface area contributed by atoms with Crippen LogP contribution in [0, 0.1) is 11.3 Å². The molecule has 0 amide bonds. The third-order valence-corrected chi connectivity index (χ3v) is 4.67. The van der Waals surface area contributed by atoms with E-state index < -0.39 is 0 Å². The highest BCUT2D eigenvalue weighted by atomic mass is 32.2. The Morgan fingerprint density at radius 2 is 1.91 bits per heavy atom. The highest BCUT2D eigenvalue weighted by Crippen LogP contribution is 2.26. The van der Waals surface area contributed by atoms with E-state index in [1.807, 2.05) is 20.8 Å². The van der Waals surface area contributed by atoms with Crippen LogP contribution in [0.1, 0.15) is 34.6 Å². The van der Waals surface area contributed by atoms with Gasteiger partial charge in [-0.05, 0) is 5.92 Å². The molecule has 1 aromatic heterocycles. The Balaban J connectivity index is 2.15. The molecule has 23 heavy (non-hydrogen) atoms. The minimum Gasteiger partial charge on any atom is -0.378 e. The summed E-state index contributed by atoms with van der Waals surface area (Å²) in [5.74, 6) is 2.05. The number of Topliss-reactive ketones (excluding diaryl/α,β-unsaturated/α-hetero) is 1. The maximum atomic E-state index is 12.2. The van der Waals surface area contributed by atoms with Gasteiger partial charge in [0.15, 0.2) is 5.16 Å². The Kier molecular flexibility index (Phi) is 6.08. The molecule has 7 heteroatoms. The average molecular weight is 340 g/mol. The summed E-state index contributed by atoms with van der Waals surface area (Å²) in [4.78, 5) is 14.4. The second-order valence-corrected chi connectivity index (χ2v) is 8.29. The van der Waals surface area contributed by atoms with E-state index in [1.54, 1.807) is 0 Å². The van der Waals surface area contributed by atoms with E-state index in [9.17, 15) is 4.79 Å². The first-order valence-electron chi connectivity index (χ1n) is 8.21. The summed E-state index contributed by atoms with van der Waals surface area (Å²) >= 11 is 1.49. The Hall–Kier alpha value is -1.08. The van der Waals surface area contributed by atoms with Gasteiger partial charge in [0.05, 0.1) is 19.0 Å². The molecule has 0 spiro atoms. The highest BCUT2D eigenvalue weighted by Gasteiger charge is 2.24. The average Bonchev–Trinajstić information content (AvgIpc) is 2.86. The SMILES string of the molecule is CC(C)Cn1c(SCC(=O)C(C)(C)C)nnc1N1CCOCC1. The van der Waals surface area contributed by atoms with Gasteiger partial charge < -0.3 is 9.64 Å². The van der Waals surface area contributed by atoms with Gasteiger partial charge in [-0.3, -0.25) is 9.36 Å². The molecule has 6 nitrogen and oxygen atoms in total. The normalized spacial score (nSPS) is 16.2. The van der Waals surface area contributed by atoms with Crippen LogP contribution in [0.15, 0.2) is 5.16 Å². The number of morpholine rings is 1. The number of ether oxygens (including phenoxy) is 1. The molecule has 0 aliphatic carbocycles. The van der Waals surface area contributed by atoms with E-state index in [1.165, 1.54) is 11.8 Å². The summed E-state index contributed by atoms with van der Waals surface area (Å²) in [6.45, 7) is 14.2. The number of hydrogen-bond donors (Lipinski definition) is 0. The van der Waals surface area contributed by atoms with Crippen molar-refractivity contribution >= 4 is 23.5 Å². The van der Waals surface area contributed by atoms with Crippen molar-refractivity contribution in [1.29, 1.82) is 0 Å². The van der Waals surface area contributed by atoms with Crippen LogP contribution in [0.2, 0.25) is 0 Å². The zero-order chi connectivity index (χ0) is 17.0. The van der Waals surface area contributed by atoms with Crippen LogP contribution >= 0.6 is 11.8 Å². The largest absolute Gasteiger partial charge is 0.378 e. The quantitative estimate of drug-likeness (QED) is 0.742. The molecular formula is C16H28N4O2S. The van der Waals surface area contributed by atoms with Crippen molar-refractivity contribution in [1.82, 2.24) is 14.8 Å². The number of carbonyl (C=O) groups is 1. The number of rotatable bonds is 6. The summed E-state index contributed by atoms with van der Waals surface area (Å²) in [7, 11) is 0. The molecule has 2 rings (SSSR count). The summed E-state index contributed by atoms with van der Waals surface area (Å²) in [6, 6.07) is 0. The van der Waals surface area contributed by atoms with E-state index in [2.05, 4.69) is 33.5 Å². The number of hydrogen-bond acceptors (Lipinski definition) is 6. The van der Waals surface area contributed by atoms with Crippen molar-refractivity contribution in [3.05, 3.63) is 0 Å². The number of thioether (sulfide) groups is 1.